The standard InChI is InChI=1S/C16H22N4O/c1-3-17-16-18-14-8-5-4-7-13(14)15(19-16)20-9-6-10-21-12(2)11-20/h4-5,7-8,12H,3,6,9-11H2,1-2H3,(H,17,18,19). The van der Waals surface area contributed by atoms with Crippen LogP contribution < -0.4 is 10.2 Å². The Balaban J connectivity index is 2.05. The van der Waals surface area contributed by atoms with Gasteiger partial charge in [0, 0.05) is 31.6 Å². The average molecular weight is 286 g/mol. The minimum absolute atomic E-state index is 0.226. The highest BCUT2D eigenvalue weighted by molar-refractivity contribution is 5.90. The van der Waals surface area contributed by atoms with Crippen LogP contribution in [0.5, 0.6) is 0 Å². The normalized spacial score (nSPS) is 19.5. The zero-order valence-corrected chi connectivity index (χ0v) is 12.7. The van der Waals surface area contributed by atoms with E-state index in [2.05, 4.69) is 35.1 Å². The quantitative estimate of drug-likeness (QED) is 0.940. The van der Waals surface area contributed by atoms with Crippen LogP contribution in [0.15, 0.2) is 24.3 Å². The number of hydrogen-bond acceptors (Lipinski definition) is 5. The van der Waals surface area contributed by atoms with E-state index in [0.29, 0.717) is 5.95 Å². The summed E-state index contributed by atoms with van der Waals surface area (Å²) >= 11 is 0. The third kappa shape index (κ3) is 3.08. The molecule has 5 nitrogen and oxygen atoms in total. The molecular formula is C16H22N4O. The molecule has 21 heavy (non-hydrogen) atoms. The SMILES string of the molecule is CCNc1nc(N2CCCOC(C)C2)c2ccccc2n1. The van der Waals surface area contributed by atoms with Crippen molar-refractivity contribution in [3.05, 3.63) is 24.3 Å². The Hall–Kier alpha value is -1.88. The third-order valence-electron chi connectivity index (χ3n) is 3.67. The summed E-state index contributed by atoms with van der Waals surface area (Å²) in [5.41, 5.74) is 0.983. The second kappa shape index (κ2) is 6.26. The van der Waals surface area contributed by atoms with Crippen LogP contribution >= 0.6 is 0 Å². The molecule has 0 radical (unpaired) electrons. The fourth-order valence-corrected chi connectivity index (χ4v) is 2.72. The Morgan fingerprint density at radius 3 is 3.05 bits per heavy atom. The summed E-state index contributed by atoms with van der Waals surface area (Å²) in [6.07, 6.45) is 1.25. The largest absolute Gasteiger partial charge is 0.377 e. The van der Waals surface area contributed by atoms with Gasteiger partial charge in [0.1, 0.15) is 5.82 Å². The van der Waals surface area contributed by atoms with E-state index in [1.807, 2.05) is 18.2 Å². The second-order valence-electron chi connectivity index (χ2n) is 5.40. The predicted molar refractivity (Wildman–Crippen MR) is 85.9 cm³/mol. The molecule has 0 amide bonds. The molecule has 1 fully saturated rings. The van der Waals surface area contributed by atoms with E-state index in [4.69, 9.17) is 9.72 Å². The van der Waals surface area contributed by atoms with Crippen LogP contribution in [0.4, 0.5) is 11.8 Å². The zero-order chi connectivity index (χ0) is 14.7. The minimum atomic E-state index is 0.226. The smallest absolute Gasteiger partial charge is 0.225 e. The topological polar surface area (TPSA) is 50.3 Å². The Bertz CT molecular complexity index is 616. The minimum Gasteiger partial charge on any atom is -0.377 e. The molecule has 1 aliphatic heterocycles. The van der Waals surface area contributed by atoms with Crippen LogP contribution in [0.25, 0.3) is 10.9 Å². The lowest BCUT2D eigenvalue weighted by Crippen LogP contribution is -2.31. The van der Waals surface area contributed by atoms with Gasteiger partial charge >= 0.3 is 0 Å². The molecule has 1 aromatic carbocycles. The van der Waals surface area contributed by atoms with Crippen molar-refractivity contribution in [2.75, 3.05) is 36.5 Å². The number of hydrogen-bond donors (Lipinski definition) is 1. The van der Waals surface area contributed by atoms with Crippen LogP contribution in [0.1, 0.15) is 20.3 Å². The van der Waals surface area contributed by atoms with Crippen molar-refractivity contribution in [1.82, 2.24) is 9.97 Å². The number of nitrogens with zero attached hydrogens (tertiary/aromatic N) is 3. The number of nitrogens with one attached hydrogen (secondary N) is 1. The maximum absolute atomic E-state index is 5.74. The summed E-state index contributed by atoms with van der Waals surface area (Å²) in [5, 5.41) is 4.33. The van der Waals surface area contributed by atoms with Crippen molar-refractivity contribution in [1.29, 1.82) is 0 Å². The lowest BCUT2D eigenvalue weighted by atomic mass is 10.2. The van der Waals surface area contributed by atoms with E-state index in [-0.39, 0.29) is 6.10 Å². The van der Waals surface area contributed by atoms with E-state index in [0.717, 1.165) is 49.4 Å². The van der Waals surface area contributed by atoms with Crippen molar-refractivity contribution < 1.29 is 4.74 Å². The molecule has 0 saturated carbocycles. The summed E-state index contributed by atoms with van der Waals surface area (Å²) < 4.78 is 5.74. The first kappa shape index (κ1) is 14.1. The Kier molecular flexibility index (Phi) is 4.20. The van der Waals surface area contributed by atoms with Crippen molar-refractivity contribution in [3.8, 4) is 0 Å². The molecule has 1 aliphatic rings. The Morgan fingerprint density at radius 1 is 1.33 bits per heavy atom. The Morgan fingerprint density at radius 2 is 2.19 bits per heavy atom. The van der Waals surface area contributed by atoms with Gasteiger partial charge in [-0.1, -0.05) is 12.1 Å². The number of para-hydroxylation sites is 1. The molecule has 1 saturated heterocycles. The number of ether oxygens (including phenoxy) is 1. The van der Waals surface area contributed by atoms with Crippen LogP contribution in [-0.4, -0.2) is 42.3 Å². The maximum atomic E-state index is 5.74. The highest BCUT2D eigenvalue weighted by atomic mass is 16.5. The molecule has 112 valence electrons. The first-order valence-corrected chi connectivity index (χ1v) is 7.65. The molecule has 2 aromatic rings. The number of benzene rings is 1. The van der Waals surface area contributed by atoms with E-state index < -0.39 is 0 Å². The van der Waals surface area contributed by atoms with Gasteiger partial charge < -0.3 is 15.0 Å². The Labute approximate surface area is 125 Å². The average Bonchev–Trinajstić information content (AvgIpc) is 2.71. The number of rotatable bonds is 3. The molecule has 1 aromatic heterocycles. The van der Waals surface area contributed by atoms with Gasteiger partial charge in [-0.2, -0.15) is 4.98 Å². The van der Waals surface area contributed by atoms with Gasteiger partial charge in [0.25, 0.3) is 0 Å². The molecule has 0 bridgehead atoms. The number of fused-ring (bicyclic) bond motifs is 1. The van der Waals surface area contributed by atoms with Crippen molar-refractivity contribution in [2.45, 2.75) is 26.4 Å². The van der Waals surface area contributed by atoms with Gasteiger partial charge in [0.2, 0.25) is 5.95 Å². The zero-order valence-electron chi connectivity index (χ0n) is 12.7. The molecule has 1 atom stereocenters. The fraction of sp³-hybridized carbons (Fsp3) is 0.500. The molecule has 1 unspecified atom stereocenters. The summed E-state index contributed by atoms with van der Waals surface area (Å²) in [6.45, 7) is 7.65. The van der Waals surface area contributed by atoms with Crippen LogP contribution in [0.3, 0.4) is 0 Å². The fourth-order valence-electron chi connectivity index (χ4n) is 2.72. The van der Waals surface area contributed by atoms with Gasteiger partial charge in [-0.15, -0.1) is 0 Å². The molecular weight excluding hydrogens is 264 g/mol. The molecule has 1 N–H and O–H groups in total. The molecule has 0 spiro atoms. The number of anilines is 2. The molecule has 3 rings (SSSR count). The van der Waals surface area contributed by atoms with Crippen molar-refractivity contribution >= 4 is 22.7 Å². The summed E-state index contributed by atoms with van der Waals surface area (Å²) in [6, 6.07) is 8.19. The first-order valence-electron chi connectivity index (χ1n) is 7.65. The van der Waals surface area contributed by atoms with Gasteiger partial charge in [-0.25, -0.2) is 4.98 Å². The van der Waals surface area contributed by atoms with E-state index in [9.17, 15) is 0 Å². The lowest BCUT2D eigenvalue weighted by molar-refractivity contribution is 0.0820. The van der Waals surface area contributed by atoms with Gasteiger partial charge in [-0.05, 0) is 32.4 Å². The van der Waals surface area contributed by atoms with Crippen LogP contribution in [0.2, 0.25) is 0 Å². The molecule has 0 aliphatic carbocycles. The molecule has 2 heterocycles. The number of aromatic nitrogens is 2. The predicted octanol–water partition coefficient (Wildman–Crippen LogP) is 2.68. The van der Waals surface area contributed by atoms with Gasteiger partial charge in [-0.3, -0.25) is 0 Å². The third-order valence-corrected chi connectivity index (χ3v) is 3.67. The van der Waals surface area contributed by atoms with Crippen molar-refractivity contribution in [2.24, 2.45) is 0 Å². The van der Waals surface area contributed by atoms with E-state index >= 15 is 0 Å². The highest BCUT2D eigenvalue weighted by Crippen LogP contribution is 2.26. The van der Waals surface area contributed by atoms with Crippen LogP contribution in [0, 0.1) is 0 Å². The maximum Gasteiger partial charge on any atom is 0.225 e. The van der Waals surface area contributed by atoms with Crippen LogP contribution in [-0.2, 0) is 4.74 Å². The first-order chi connectivity index (χ1) is 10.3. The highest BCUT2D eigenvalue weighted by Gasteiger charge is 2.19. The second-order valence-corrected chi connectivity index (χ2v) is 5.40. The summed E-state index contributed by atoms with van der Waals surface area (Å²) in [7, 11) is 0. The summed E-state index contributed by atoms with van der Waals surface area (Å²) in [4.78, 5) is 11.6. The molecule has 5 heteroatoms. The lowest BCUT2D eigenvalue weighted by Gasteiger charge is -2.25. The monoisotopic (exact) mass is 286 g/mol. The van der Waals surface area contributed by atoms with E-state index in [1.54, 1.807) is 0 Å². The van der Waals surface area contributed by atoms with E-state index in [1.165, 1.54) is 0 Å². The summed E-state index contributed by atoms with van der Waals surface area (Å²) in [5.74, 6) is 1.71. The van der Waals surface area contributed by atoms with Crippen molar-refractivity contribution in [3.63, 3.8) is 0 Å². The van der Waals surface area contributed by atoms with Gasteiger partial charge in [0.05, 0.1) is 11.6 Å². The van der Waals surface area contributed by atoms with Gasteiger partial charge in [0.15, 0.2) is 0 Å².